The van der Waals surface area contributed by atoms with Crippen molar-refractivity contribution in [2.24, 2.45) is 11.8 Å². The van der Waals surface area contributed by atoms with Gasteiger partial charge in [-0.05, 0) is 37.5 Å². The Morgan fingerprint density at radius 1 is 1.11 bits per heavy atom. The number of carbonyl (C=O) groups excluding carboxylic acids is 1. The molecule has 3 atom stereocenters. The van der Waals surface area contributed by atoms with E-state index in [1.165, 1.54) is 0 Å². The molecule has 2 heterocycles. The van der Waals surface area contributed by atoms with Gasteiger partial charge in [-0.15, -0.1) is 0 Å². The van der Waals surface area contributed by atoms with Crippen LogP contribution >= 0.6 is 0 Å². The molecule has 0 aliphatic carbocycles. The highest BCUT2D eigenvalue weighted by Gasteiger charge is 2.37. The first kappa shape index (κ1) is 14.2. The number of likely N-dealkylation sites (tertiary alicyclic amines) is 2. The Labute approximate surface area is 114 Å². The summed E-state index contributed by atoms with van der Waals surface area (Å²) in [5.74, 6) is 0.0279. The second kappa shape index (κ2) is 5.80. The van der Waals surface area contributed by atoms with Crippen LogP contribution < -0.4 is 0 Å². The van der Waals surface area contributed by atoms with Crippen molar-refractivity contribution in [3.63, 3.8) is 0 Å². The molecule has 2 aliphatic heterocycles. The van der Waals surface area contributed by atoms with Gasteiger partial charge in [0.2, 0.25) is 0 Å². The number of aliphatic carboxylic acids is 1. The standard InChI is InChI=1S/C14H24N2O3/c1-10-5-7-16(12(8-10)13(17)18)14(19)15-6-3-4-11(2)9-15/h10-12H,3-9H2,1-2H3,(H,17,18). The molecule has 0 radical (unpaired) electrons. The number of carboxylic acid groups (broad SMARTS) is 1. The Morgan fingerprint density at radius 2 is 1.84 bits per heavy atom. The van der Waals surface area contributed by atoms with Crippen LogP contribution in [0.2, 0.25) is 0 Å². The number of rotatable bonds is 1. The zero-order valence-electron chi connectivity index (χ0n) is 11.8. The average molecular weight is 268 g/mol. The lowest BCUT2D eigenvalue weighted by atomic mass is 9.92. The highest BCUT2D eigenvalue weighted by Crippen LogP contribution is 2.25. The molecular weight excluding hydrogens is 244 g/mol. The monoisotopic (exact) mass is 268 g/mol. The van der Waals surface area contributed by atoms with Gasteiger partial charge in [0, 0.05) is 19.6 Å². The Kier molecular flexibility index (Phi) is 4.32. The number of nitrogens with zero attached hydrogens (tertiary/aromatic N) is 2. The predicted octanol–water partition coefficient (Wildman–Crippen LogP) is 2.02. The number of carboxylic acids is 1. The van der Waals surface area contributed by atoms with Crippen molar-refractivity contribution in [3.05, 3.63) is 0 Å². The van der Waals surface area contributed by atoms with Crippen molar-refractivity contribution in [1.82, 2.24) is 9.80 Å². The summed E-state index contributed by atoms with van der Waals surface area (Å²) in [5, 5.41) is 9.31. The van der Waals surface area contributed by atoms with E-state index in [1.807, 2.05) is 4.90 Å². The first-order valence-electron chi connectivity index (χ1n) is 7.27. The van der Waals surface area contributed by atoms with Gasteiger partial charge in [-0.3, -0.25) is 0 Å². The quantitative estimate of drug-likeness (QED) is 0.791. The molecule has 0 saturated carbocycles. The summed E-state index contributed by atoms with van der Waals surface area (Å²) in [6.07, 6.45) is 3.65. The van der Waals surface area contributed by atoms with Gasteiger partial charge in [-0.25, -0.2) is 9.59 Å². The van der Waals surface area contributed by atoms with E-state index in [1.54, 1.807) is 4.90 Å². The summed E-state index contributed by atoms with van der Waals surface area (Å²) in [5.41, 5.74) is 0. The molecule has 108 valence electrons. The van der Waals surface area contributed by atoms with Crippen LogP contribution in [0.5, 0.6) is 0 Å². The van der Waals surface area contributed by atoms with E-state index in [0.717, 1.165) is 32.4 Å². The van der Waals surface area contributed by atoms with E-state index in [-0.39, 0.29) is 6.03 Å². The zero-order chi connectivity index (χ0) is 14.0. The number of carbonyl (C=O) groups is 2. The first-order chi connectivity index (χ1) is 8.99. The Hall–Kier alpha value is -1.26. The third-order valence-electron chi connectivity index (χ3n) is 4.32. The molecule has 2 saturated heterocycles. The molecule has 2 amide bonds. The molecule has 0 aromatic rings. The van der Waals surface area contributed by atoms with Crippen LogP contribution in [0.15, 0.2) is 0 Å². The van der Waals surface area contributed by atoms with Gasteiger partial charge >= 0.3 is 12.0 Å². The van der Waals surface area contributed by atoms with Crippen LogP contribution in [0.25, 0.3) is 0 Å². The molecule has 2 aliphatic rings. The topological polar surface area (TPSA) is 60.9 Å². The minimum absolute atomic E-state index is 0.0779. The van der Waals surface area contributed by atoms with E-state index < -0.39 is 12.0 Å². The maximum absolute atomic E-state index is 12.5. The van der Waals surface area contributed by atoms with Crippen LogP contribution in [-0.2, 0) is 4.79 Å². The Balaban J connectivity index is 2.05. The average Bonchev–Trinajstić information content (AvgIpc) is 2.37. The van der Waals surface area contributed by atoms with Crippen molar-refractivity contribution in [3.8, 4) is 0 Å². The zero-order valence-corrected chi connectivity index (χ0v) is 11.8. The Bertz CT molecular complexity index is 359. The van der Waals surface area contributed by atoms with Crippen molar-refractivity contribution >= 4 is 12.0 Å². The maximum Gasteiger partial charge on any atom is 0.326 e. The van der Waals surface area contributed by atoms with Crippen LogP contribution in [-0.4, -0.2) is 52.6 Å². The lowest BCUT2D eigenvalue weighted by Crippen LogP contribution is -2.55. The molecule has 0 aromatic heterocycles. The van der Waals surface area contributed by atoms with Crippen molar-refractivity contribution in [1.29, 1.82) is 0 Å². The molecule has 5 nitrogen and oxygen atoms in total. The molecule has 0 aromatic carbocycles. The number of piperidine rings is 2. The third kappa shape index (κ3) is 3.19. The van der Waals surface area contributed by atoms with Crippen molar-refractivity contribution < 1.29 is 14.7 Å². The van der Waals surface area contributed by atoms with Gasteiger partial charge in [0.05, 0.1) is 0 Å². The SMILES string of the molecule is CC1CCN(C(=O)N2CCCC(C)C2)C(C(=O)O)C1. The maximum atomic E-state index is 12.5. The number of hydrogen-bond acceptors (Lipinski definition) is 2. The molecule has 1 N–H and O–H groups in total. The lowest BCUT2D eigenvalue weighted by Gasteiger charge is -2.41. The minimum atomic E-state index is -0.870. The molecule has 0 bridgehead atoms. The molecular formula is C14H24N2O3. The minimum Gasteiger partial charge on any atom is -0.480 e. The second-order valence-corrected chi connectivity index (χ2v) is 6.15. The van der Waals surface area contributed by atoms with Crippen molar-refractivity contribution in [2.75, 3.05) is 19.6 Å². The summed E-state index contributed by atoms with van der Waals surface area (Å²) in [4.78, 5) is 27.3. The van der Waals surface area contributed by atoms with Crippen LogP contribution in [0.4, 0.5) is 4.79 Å². The van der Waals surface area contributed by atoms with E-state index in [9.17, 15) is 14.7 Å². The smallest absolute Gasteiger partial charge is 0.326 e. The van der Waals surface area contributed by atoms with Gasteiger partial charge in [0.25, 0.3) is 0 Å². The molecule has 0 spiro atoms. The molecule has 19 heavy (non-hydrogen) atoms. The third-order valence-corrected chi connectivity index (χ3v) is 4.32. The number of urea groups is 1. The van der Waals surface area contributed by atoms with Gasteiger partial charge in [-0.1, -0.05) is 13.8 Å². The van der Waals surface area contributed by atoms with E-state index >= 15 is 0 Å². The fraction of sp³-hybridized carbons (Fsp3) is 0.857. The normalized spacial score (nSPS) is 32.2. The summed E-state index contributed by atoms with van der Waals surface area (Å²) in [6.45, 7) is 6.30. The Morgan fingerprint density at radius 3 is 2.47 bits per heavy atom. The summed E-state index contributed by atoms with van der Waals surface area (Å²) in [7, 11) is 0. The van der Waals surface area contributed by atoms with Crippen molar-refractivity contribution in [2.45, 2.75) is 45.6 Å². The summed E-state index contributed by atoms with van der Waals surface area (Å²) >= 11 is 0. The number of amides is 2. The molecule has 5 heteroatoms. The predicted molar refractivity (Wildman–Crippen MR) is 71.9 cm³/mol. The van der Waals surface area contributed by atoms with Crippen LogP contribution in [0, 0.1) is 11.8 Å². The second-order valence-electron chi connectivity index (χ2n) is 6.15. The molecule has 2 fully saturated rings. The van der Waals surface area contributed by atoms with Crippen LogP contribution in [0.3, 0.4) is 0 Å². The molecule has 2 rings (SSSR count). The number of hydrogen-bond donors (Lipinski definition) is 1. The van der Waals surface area contributed by atoms with E-state index in [4.69, 9.17) is 0 Å². The fourth-order valence-electron chi connectivity index (χ4n) is 3.15. The first-order valence-corrected chi connectivity index (χ1v) is 7.27. The summed E-state index contributed by atoms with van der Waals surface area (Å²) < 4.78 is 0. The largest absolute Gasteiger partial charge is 0.480 e. The van der Waals surface area contributed by atoms with Crippen LogP contribution in [0.1, 0.15) is 39.5 Å². The summed E-state index contributed by atoms with van der Waals surface area (Å²) in [6, 6.07) is -0.723. The molecule has 3 unspecified atom stereocenters. The highest BCUT2D eigenvalue weighted by atomic mass is 16.4. The van der Waals surface area contributed by atoms with Gasteiger partial charge in [-0.2, -0.15) is 0 Å². The van der Waals surface area contributed by atoms with Gasteiger partial charge in [0.15, 0.2) is 0 Å². The lowest BCUT2D eigenvalue weighted by molar-refractivity contribution is -0.144. The van der Waals surface area contributed by atoms with Gasteiger partial charge in [0.1, 0.15) is 6.04 Å². The van der Waals surface area contributed by atoms with E-state index in [2.05, 4.69) is 13.8 Å². The van der Waals surface area contributed by atoms with Gasteiger partial charge < -0.3 is 14.9 Å². The van der Waals surface area contributed by atoms with E-state index in [0.29, 0.717) is 24.8 Å². The fourth-order valence-corrected chi connectivity index (χ4v) is 3.15. The highest BCUT2D eigenvalue weighted by molar-refractivity contribution is 5.83.